The van der Waals surface area contributed by atoms with Crippen LogP contribution in [-0.4, -0.2) is 56.2 Å². The summed E-state index contributed by atoms with van der Waals surface area (Å²) in [5, 5.41) is 7.05. The Hall–Kier alpha value is -2.40. The normalized spacial score (nSPS) is 24.8. The average Bonchev–Trinajstić information content (AvgIpc) is 2.76. The first-order chi connectivity index (χ1) is 15.3. The summed E-state index contributed by atoms with van der Waals surface area (Å²) in [6.45, 7) is 6.14. The number of carbonyl (C=O) groups is 3. The van der Waals surface area contributed by atoms with E-state index in [-0.39, 0.29) is 31.2 Å². The largest absolute Gasteiger partial charge is 0.466 e. The molecule has 0 radical (unpaired) electrons. The number of hydrogen-bond donors (Lipinski definition) is 4. The van der Waals surface area contributed by atoms with Crippen LogP contribution in [0.15, 0.2) is 5.10 Å². The van der Waals surface area contributed by atoms with Crippen molar-refractivity contribution < 1.29 is 28.6 Å². The molecule has 6 N–H and O–H groups in total. The molecule has 1 saturated heterocycles. The maximum Gasteiger partial charge on any atom is 0.344 e. The van der Waals surface area contributed by atoms with Crippen molar-refractivity contribution in [3.8, 4) is 0 Å². The molecular weight excluding hydrogens is 418 g/mol. The molecule has 184 valence electrons. The number of carbonyl (C=O) groups excluding carboxylic acids is 3. The summed E-state index contributed by atoms with van der Waals surface area (Å²) >= 11 is 0. The van der Waals surface area contributed by atoms with Crippen LogP contribution in [0.2, 0.25) is 0 Å². The standard InChI is InChI=1S/C17H31N5O4.C4H8O2/c1-2-25-16(23)10-26-17(24)14-8-13-7-11(3-5-12(13)9-20-14)4-6-15(18)21-22-19;1-3-6-4(2)5/h11-14,20,22H,2-10,19H2,1H3,(H2,18,21);3H2,1-2H3. The van der Waals surface area contributed by atoms with E-state index in [4.69, 9.17) is 21.1 Å². The van der Waals surface area contributed by atoms with Crippen molar-refractivity contribution in [2.75, 3.05) is 26.4 Å². The number of nitrogens with two attached hydrogens (primary N) is 2. The number of fused-ring (bicyclic) bond motifs is 1. The molecule has 2 fully saturated rings. The average molecular weight is 458 g/mol. The van der Waals surface area contributed by atoms with Gasteiger partial charge in [0.05, 0.1) is 13.2 Å². The number of hydrazone groups is 1. The van der Waals surface area contributed by atoms with Gasteiger partial charge in [-0.1, -0.05) is 6.42 Å². The number of esters is 3. The van der Waals surface area contributed by atoms with Crippen molar-refractivity contribution in [1.82, 2.24) is 10.9 Å². The summed E-state index contributed by atoms with van der Waals surface area (Å²) in [6.07, 6.45) is 5.85. The van der Waals surface area contributed by atoms with Crippen LogP contribution in [-0.2, 0) is 28.6 Å². The van der Waals surface area contributed by atoms with E-state index in [0.717, 1.165) is 38.6 Å². The number of amidine groups is 1. The maximum atomic E-state index is 12.2. The van der Waals surface area contributed by atoms with Gasteiger partial charge in [0.15, 0.2) is 6.61 Å². The zero-order valence-electron chi connectivity index (χ0n) is 19.4. The van der Waals surface area contributed by atoms with Crippen LogP contribution in [0, 0.1) is 17.8 Å². The lowest BCUT2D eigenvalue weighted by atomic mass is 9.69. The van der Waals surface area contributed by atoms with Crippen LogP contribution in [0.1, 0.15) is 59.3 Å². The fourth-order valence-electron chi connectivity index (χ4n) is 4.23. The number of nitrogens with one attached hydrogen (secondary N) is 2. The fraction of sp³-hybridized carbons (Fsp3) is 0.810. The maximum absolute atomic E-state index is 12.2. The number of hydrazine groups is 1. The van der Waals surface area contributed by atoms with Gasteiger partial charge in [0.1, 0.15) is 11.9 Å². The molecule has 11 heteroatoms. The van der Waals surface area contributed by atoms with E-state index in [1.54, 1.807) is 13.8 Å². The molecule has 32 heavy (non-hydrogen) atoms. The van der Waals surface area contributed by atoms with Gasteiger partial charge in [-0.15, -0.1) is 0 Å². The molecular formula is C21H39N5O6. The molecule has 1 heterocycles. The van der Waals surface area contributed by atoms with Crippen molar-refractivity contribution in [1.29, 1.82) is 0 Å². The minimum atomic E-state index is -0.515. The molecule has 4 atom stereocenters. The monoisotopic (exact) mass is 457 g/mol. The molecule has 4 unspecified atom stereocenters. The van der Waals surface area contributed by atoms with Crippen LogP contribution >= 0.6 is 0 Å². The Morgan fingerprint density at radius 1 is 1.06 bits per heavy atom. The van der Waals surface area contributed by atoms with Gasteiger partial charge < -0.3 is 25.3 Å². The quantitative estimate of drug-likeness (QED) is 0.0959. The van der Waals surface area contributed by atoms with Crippen LogP contribution in [0.4, 0.5) is 0 Å². The van der Waals surface area contributed by atoms with Crippen LogP contribution in [0.3, 0.4) is 0 Å². The zero-order chi connectivity index (χ0) is 23.9. The highest BCUT2D eigenvalue weighted by Gasteiger charge is 2.38. The van der Waals surface area contributed by atoms with E-state index in [1.165, 1.54) is 13.3 Å². The summed E-state index contributed by atoms with van der Waals surface area (Å²) in [6, 6.07) is -0.350. The van der Waals surface area contributed by atoms with E-state index in [0.29, 0.717) is 30.2 Å². The minimum Gasteiger partial charge on any atom is -0.466 e. The summed E-state index contributed by atoms with van der Waals surface area (Å²) < 4.78 is 14.3. The summed E-state index contributed by atoms with van der Waals surface area (Å²) in [4.78, 5) is 33.4. The van der Waals surface area contributed by atoms with Crippen LogP contribution < -0.4 is 22.4 Å². The molecule has 11 nitrogen and oxygen atoms in total. The first kappa shape index (κ1) is 27.6. The number of nitrogens with zero attached hydrogens (tertiary/aromatic N) is 1. The van der Waals surface area contributed by atoms with Gasteiger partial charge in [-0.05, 0) is 63.8 Å². The van der Waals surface area contributed by atoms with Gasteiger partial charge in [-0.2, -0.15) is 5.10 Å². The Bertz CT molecular complexity index is 630. The molecule has 1 aliphatic heterocycles. The molecule has 0 spiro atoms. The van der Waals surface area contributed by atoms with Crippen molar-refractivity contribution in [2.45, 2.75) is 65.3 Å². The van der Waals surface area contributed by atoms with E-state index in [2.05, 4.69) is 20.7 Å². The van der Waals surface area contributed by atoms with E-state index in [1.807, 2.05) is 0 Å². The molecule has 1 aliphatic carbocycles. The smallest absolute Gasteiger partial charge is 0.344 e. The topological polar surface area (TPSA) is 167 Å². The Morgan fingerprint density at radius 3 is 2.38 bits per heavy atom. The van der Waals surface area contributed by atoms with Gasteiger partial charge in [0.2, 0.25) is 0 Å². The number of ether oxygens (including phenoxy) is 3. The van der Waals surface area contributed by atoms with Gasteiger partial charge in [-0.3, -0.25) is 9.59 Å². The summed E-state index contributed by atoms with van der Waals surface area (Å²) in [7, 11) is 0. The highest BCUT2D eigenvalue weighted by atomic mass is 16.6. The van der Waals surface area contributed by atoms with Crippen molar-refractivity contribution in [3.63, 3.8) is 0 Å². The van der Waals surface area contributed by atoms with Crippen molar-refractivity contribution in [2.24, 2.45) is 34.4 Å². The van der Waals surface area contributed by atoms with Crippen LogP contribution in [0.5, 0.6) is 0 Å². The second kappa shape index (κ2) is 15.4. The predicted molar refractivity (Wildman–Crippen MR) is 119 cm³/mol. The van der Waals surface area contributed by atoms with E-state index in [9.17, 15) is 14.4 Å². The molecule has 0 amide bonds. The van der Waals surface area contributed by atoms with Crippen molar-refractivity contribution >= 4 is 23.7 Å². The molecule has 2 aliphatic rings. The Kier molecular flexibility index (Phi) is 13.3. The van der Waals surface area contributed by atoms with Crippen LogP contribution in [0.25, 0.3) is 0 Å². The number of hydrogen-bond acceptors (Lipinski definition) is 10. The molecule has 0 aromatic carbocycles. The summed E-state index contributed by atoms with van der Waals surface area (Å²) in [5.74, 6) is 6.21. The van der Waals surface area contributed by atoms with E-state index >= 15 is 0 Å². The lowest BCUT2D eigenvalue weighted by Crippen LogP contribution is -2.50. The highest BCUT2D eigenvalue weighted by molar-refractivity contribution is 5.80. The predicted octanol–water partition coefficient (Wildman–Crippen LogP) is 0.572. The number of piperidine rings is 1. The third-order valence-electron chi connectivity index (χ3n) is 5.70. The molecule has 0 aromatic heterocycles. The van der Waals surface area contributed by atoms with Gasteiger partial charge in [-0.25, -0.2) is 16.2 Å². The Morgan fingerprint density at radius 2 is 1.78 bits per heavy atom. The first-order valence-corrected chi connectivity index (χ1v) is 11.3. The first-order valence-electron chi connectivity index (χ1n) is 11.3. The fourth-order valence-corrected chi connectivity index (χ4v) is 4.23. The Labute approximate surface area is 189 Å². The SMILES string of the molecule is CCOC(=O)COC(=O)C1CC2CC(CC/C(N)=N/NN)CCC2CN1.CCOC(C)=O. The Balaban J connectivity index is 0.000000751. The zero-order valence-corrected chi connectivity index (χ0v) is 19.4. The molecule has 0 bridgehead atoms. The lowest BCUT2D eigenvalue weighted by Gasteiger charge is -2.42. The van der Waals surface area contributed by atoms with E-state index < -0.39 is 5.97 Å². The minimum absolute atomic E-state index is 0.211. The van der Waals surface area contributed by atoms with Gasteiger partial charge in [0, 0.05) is 13.3 Å². The number of rotatable bonds is 9. The third kappa shape index (κ3) is 10.8. The molecule has 1 saturated carbocycles. The van der Waals surface area contributed by atoms with Gasteiger partial charge in [0.25, 0.3) is 0 Å². The van der Waals surface area contributed by atoms with Crippen molar-refractivity contribution in [3.05, 3.63) is 0 Å². The highest BCUT2D eigenvalue weighted by Crippen LogP contribution is 2.40. The third-order valence-corrected chi connectivity index (χ3v) is 5.70. The second-order valence-corrected chi connectivity index (χ2v) is 8.00. The second-order valence-electron chi connectivity index (χ2n) is 8.00. The summed E-state index contributed by atoms with van der Waals surface area (Å²) in [5.41, 5.74) is 7.99. The lowest BCUT2D eigenvalue weighted by molar-refractivity contribution is -0.160. The molecule has 0 aromatic rings. The molecule has 2 rings (SSSR count). The van der Waals surface area contributed by atoms with Gasteiger partial charge >= 0.3 is 17.9 Å².